The molecule has 0 spiro atoms. The SMILES string of the molecule is COC[C@@H]1CN(CCN2CCN(C(=O)c3cc(C(F)(F)F)cc(C(F)(F)F)c3)[C@H](Cc3ccc(C(=O)OC)c(O[Si](C)(C)C(C)(C)C)c3)C2)CCO1. The Balaban J connectivity index is 1.68. The van der Waals surface area contributed by atoms with E-state index in [9.17, 15) is 35.9 Å². The molecule has 9 nitrogen and oxygen atoms in total. The van der Waals surface area contributed by atoms with Crippen molar-refractivity contribution in [2.75, 3.05) is 73.2 Å². The Morgan fingerprint density at radius 1 is 0.865 bits per heavy atom. The molecule has 52 heavy (non-hydrogen) atoms. The molecule has 2 fully saturated rings. The van der Waals surface area contributed by atoms with Crippen LogP contribution in [0.3, 0.4) is 0 Å². The van der Waals surface area contributed by atoms with Crippen molar-refractivity contribution >= 4 is 20.2 Å². The second kappa shape index (κ2) is 16.5. The van der Waals surface area contributed by atoms with Gasteiger partial charge in [-0.2, -0.15) is 26.3 Å². The molecule has 0 aromatic heterocycles. The van der Waals surface area contributed by atoms with Crippen LogP contribution in [0.15, 0.2) is 36.4 Å². The highest BCUT2D eigenvalue weighted by molar-refractivity contribution is 6.74. The molecule has 2 aromatic carbocycles. The number of esters is 1. The number of hydrogen-bond donors (Lipinski definition) is 0. The molecular formula is C36H49F6N3O6Si. The highest BCUT2D eigenvalue weighted by atomic mass is 28.4. The number of ether oxygens (including phenoxy) is 3. The number of piperazine rings is 1. The van der Waals surface area contributed by atoms with E-state index in [0.717, 1.165) is 6.54 Å². The van der Waals surface area contributed by atoms with Gasteiger partial charge in [0.1, 0.15) is 11.3 Å². The molecule has 290 valence electrons. The van der Waals surface area contributed by atoms with E-state index in [1.54, 1.807) is 25.3 Å². The highest BCUT2D eigenvalue weighted by Gasteiger charge is 2.41. The lowest BCUT2D eigenvalue weighted by atomic mass is 9.98. The number of morpholine rings is 1. The van der Waals surface area contributed by atoms with Gasteiger partial charge in [-0.15, -0.1) is 0 Å². The first kappa shape index (κ1) is 41.6. The second-order valence-electron chi connectivity index (χ2n) is 14.9. The van der Waals surface area contributed by atoms with Crippen molar-refractivity contribution in [1.29, 1.82) is 0 Å². The summed E-state index contributed by atoms with van der Waals surface area (Å²) in [6.45, 7) is 14.6. The number of rotatable bonds is 11. The monoisotopic (exact) mass is 761 g/mol. The van der Waals surface area contributed by atoms with E-state index in [-0.39, 0.29) is 35.7 Å². The van der Waals surface area contributed by atoms with Crippen LogP contribution in [0.5, 0.6) is 5.75 Å². The Bertz CT molecular complexity index is 1530. The van der Waals surface area contributed by atoms with Gasteiger partial charge in [-0.1, -0.05) is 26.8 Å². The van der Waals surface area contributed by atoms with Crippen LogP contribution in [-0.2, 0) is 33.0 Å². The number of carbonyl (C=O) groups is 2. The maximum atomic E-state index is 14.0. The molecule has 4 rings (SSSR count). The summed E-state index contributed by atoms with van der Waals surface area (Å²) in [7, 11) is 0.409. The van der Waals surface area contributed by atoms with Crippen molar-refractivity contribution in [2.45, 2.75) is 69.8 Å². The van der Waals surface area contributed by atoms with E-state index in [4.69, 9.17) is 18.6 Å². The van der Waals surface area contributed by atoms with Crippen LogP contribution < -0.4 is 4.43 Å². The van der Waals surface area contributed by atoms with Gasteiger partial charge in [0.25, 0.3) is 14.2 Å². The van der Waals surface area contributed by atoms with Crippen molar-refractivity contribution in [1.82, 2.24) is 14.7 Å². The third kappa shape index (κ3) is 10.5. The smallest absolute Gasteiger partial charge is 0.416 e. The number of carbonyl (C=O) groups excluding carboxylic acids is 2. The number of alkyl halides is 6. The molecular weight excluding hydrogens is 712 g/mol. The third-order valence-electron chi connectivity index (χ3n) is 10.1. The van der Waals surface area contributed by atoms with E-state index >= 15 is 0 Å². The van der Waals surface area contributed by atoms with E-state index in [0.29, 0.717) is 69.4 Å². The predicted octanol–water partition coefficient (Wildman–Crippen LogP) is 6.61. The first-order valence-corrected chi connectivity index (χ1v) is 20.1. The topological polar surface area (TPSA) is 80.8 Å². The molecule has 0 bridgehead atoms. The lowest BCUT2D eigenvalue weighted by Gasteiger charge is -2.43. The number of benzene rings is 2. The molecule has 2 aliphatic heterocycles. The molecule has 2 aliphatic rings. The molecule has 0 radical (unpaired) electrons. The quantitative estimate of drug-likeness (QED) is 0.144. The summed E-state index contributed by atoms with van der Waals surface area (Å²) < 4.78 is 105. The van der Waals surface area contributed by atoms with Crippen LogP contribution in [0.1, 0.15) is 58.2 Å². The normalized spacial score (nSPS) is 19.8. The van der Waals surface area contributed by atoms with Crippen LogP contribution in [-0.4, -0.2) is 120 Å². The van der Waals surface area contributed by atoms with Crippen LogP contribution in [0, 0.1) is 0 Å². The molecule has 1 amide bonds. The van der Waals surface area contributed by atoms with Gasteiger partial charge in [0.05, 0.1) is 37.6 Å². The maximum Gasteiger partial charge on any atom is 0.416 e. The molecule has 0 saturated carbocycles. The number of hydrogen-bond acceptors (Lipinski definition) is 8. The van der Waals surface area contributed by atoms with Crippen molar-refractivity contribution < 1.29 is 54.6 Å². The van der Waals surface area contributed by atoms with Gasteiger partial charge in [-0.3, -0.25) is 14.6 Å². The van der Waals surface area contributed by atoms with Crippen LogP contribution in [0.4, 0.5) is 26.3 Å². The minimum Gasteiger partial charge on any atom is -0.543 e. The minimum atomic E-state index is -5.10. The largest absolute Gasteiger partial charge is 0.543 e. The zero-order chi connectivity index (χ0) is 38.6. The summed E-state index contributed by atoms with van der Waals surface area (Å²) in [4.78, 5) is 32.5. The number of halogens is 6. The maximum absolute atomic E-state index is 14.0. The van der Waals surface area contributed by atoms with Gasteiger partial charge in [0.15, 0.2) is 0 Å². The van der Waals surface area contributed by atoms with Gasteiger partial charge >= 0.3 is 18.3 Å². The number of nitrogens with zero attached hydrogens (tertiary/aromatic N) is 3. The minimum absolute atomic E-state index is 0.0157. The first-order chi connectivity index (χ1) is 24.1. The van der Waals surface area contributed by atoms with E-state index in [1.165, 1.54) is 12.0 Å². The molecule has 16 heteroatoms. The van der Waals surface area contributed by atoms with Gasteiger partial charge in [-0.25, -0.2) is 4.79 Å². The highest BCUT2D eigenvalue weighted by Crippen LogP contribution is 2.39. The van der Waals surface area contributed by atoms with Crippen LogP contribution >= 0.6 is 0 Å². The van der Waals surface area contributed by atoms with E-state index in [1.807, 2.05) is 33.9 Å². The summed E-state index contributed by atoms with van der Waals surface area (Å²) in [6.07, 6.45) is -10.1. The molecule has 2 atom stereocenters. The lowest BCUT2D eigenvalue weighted by Crippen LogP contribution is -2.57. The molecule has 2 aromatic rings. The second-order valence-corrected chi connectivity index (χ2v) is 19.6. The Morgan fingerprint density at radius 3 is 2.04 bits per heavy atom. The fourth-order valence-electron chi connectivity index (χ4n) is 6.12. The summed E-state index contributed by atoms with van der Waals surface area (Å²) >= 11 is 0. The third-order valence-corrected chi connectivity index (χ3v) is 14.4. The summed E-state index contributed by atoms with van der Waals surface area (Å²) in [5, 5.41) is -0.215. The average molecular weight is 762 g/mol. The molecule has 2 saturated heterocycles. The Morgan fingerprint density at radius 2 is 1.48 bits per heavy atom. The number of amides is 1. The lowest BCUT2D eigenvalue weighted by molar-refractivity contribution is -0.143. The average Bonchev–Trinajstić information content (AvgIpc) is 3.05. The fraction of sp³-hybridized carbons (Fsp3) is 0.611. The molecule has 0 N–H and O–H groups in total. The van der Waals surface area contributed by atoms with Crippen LogP contribution in [0.25, 0.3) is 0 Å². The van der Waals surface area contributed by atoms with E-state index in [2.05, 4.69) is 9.80 Å². The molecule has 0 unspecified atom stereocenters. The van der Waals surface area contributed by atoms with Crippen molar-refractivity contribution in [3.8, 4) is 5.75 Å². The zero-order valence-corrected chi connectivity index (χ0v) is 31.7. The first-order valence-electron chi connectivity index (χ1n) is 17.2. The van der Waals surface area contributed by atoms with Crippen molar-refractivity contribution in [3.05, 3.63) is 64.2 Å². The van der Waals surface area contributed by atoms with Crippen molar-refractivity contribution in [2.24, 2.45) is 0 Å². The van der Waals surface area contributed by atoms with Crippen molar-refractivity contribution in [3.63, 3.8) is 0 Å². The van der Waals surface area contributed by atoms with Gasteiger partial charge in [-0.05, 0) is 60.4 Å². The van der Waals surface area contributed by atoms with Gasteiger partial charge in [0, 0.05) is 64.5 Å². The van der Waals surface area contributed by atoms with Gasteiger partial charge < -0.3 is 23.5 Å². The van der Waals surface area contributed by atoms with E-state index < -0.39 is 55.3 Å². The Kier molecular flexibility index (Phi) is 13.2. The summed E-state index contributed by atoms with van der Waals surface area (Å²) in [5.41, 5.74) is -2.91. The standard InChI is InChI=1S/C36H49F6N3O6Si/c1-34(2,3)52(6,7)51-31-17-24(8-9-30(31)33(47)49-5)16-28-21-43(10-11-44-14-15-50-29(22-44)23-48-4)12-13-45(28)32(46)25-18-26(35(37,38)39)20-27(19-25)36(40,41)42/h8-9,17-20,28-29H,10-16,21-23H2,1-7H3/t28-,29+/m1/s1. The van der Waals surface area contributed by atoms with Crippen LogP contribution in [0.2, 0.25) is 18.1 Å². The Hall–Kier alpha value is -3.18. The summed E-state index contributed by atoms with van der Waals surface area (Å²) in [6, 6.07) is 5.32. The summed E-state index contributed by atoms with van der Waals surface area (Å²) in [5.74, 6) is -1.21. The number of methoxy groups -OCH3 is 2. The molecule has 0 aliphatic carbocycles. The molecule has 2 heterocycles. The fourth-order valence-corrected chi connectivity index (χ4v) is 7.14. The predicted molar refractivity (Wildman–Crippen MR) is 185 cm³/mol. The zero-order valence-electron chi connectivity index (χ0n) is 30.7. The Labute approximate surface area is 302 Å². The van der Waals surface area contributed by atoms with Gasteiger partial charge in [0.2, 0.25) is 0 Å².